The van der Waals surface area contributed by atoms with Crippen molar-refractivity contribution in [1.29, 1.82) is 0 Å². The van der Waals surface area contributed by atoms with Crippen LogP contribution in [0.2, 0.25) is 10.0 Å². The van der Waals surface area contributed by atoms with Crippen molar-refractivity contribution < 1.29 is 9.18 Å². The summed E-state index contributed by atoms with van der Waals surface area (Å²) in [6, 6.07) is 9.02. The van der Waals surface area contributed by atoms with Crippen LogP contribution in [0.15, 0.2) is 36.4 Å². The summed E-state index contributed by atoms with van der Waals surface area (Å²) in [5.74, 6) is -1.07. The normalized spacial score (nSPS) is 10.3. The minimum absolute atomic E-state index is 0.201. The molecule has 6 heteroatoms. The molecule has 0 aliphatic heterocycles. The number of amides is 1. The van der Waals surface area contributed by atoms with Gasteiger partial charge in [0, 0.05) is 12.1 Å². The van der Waals surface area contributed by atoms with Crippen LogP contribution in [0.5, 0.6) is 0 Å². The van der Waals surface area contributed by atoms with Gasteiger partial charge >= 0.3 is 0 Å². The van der Waals surface area contributed by atoms with Gasteiger partial charge in [-0.2, -0.15) is 0 Å². The number of benzene rings is 2. The Morgan fingerprint density at radius 1 is 1.15 bits per heavy atom. The maximum Gasteiger partial charge on any atom is 0.248 e. The molecule has 2 aromatic rings. The second kappa shape index (κ2) is 6.11. The van der Waals surface area contributed by atoms with E-state index in [0.717, 1.165) is 5.56 Å². The van der Waals surface area contributed by atoms with Crippen molar-refractivity contribution in [2.45, 2.75) is 6.54 Å². The molecule has 1 amide bonds. The Bertz CT molecular complexity index is 662. The van der Waals surface area contributed by atoms with Crippen molar-refractivity contribution in [3.8, 4) is 0 Å². The van der Waals surface area contributed by atoms with E-state index in [4.69, 9.17) is 28.9 Å². The van der Waals surface area contributed by atoms with Gasteiger partial charge in [-0.3, -0.25) is 4.79 Å². The van der Waals surface area contributed by atoms with Gasteiger partial charge in [0.05, 0.1) is 15.7 Å². The number of hydrogen-bond acceptors (Lipinski definition) is 2. The zero-order valence-corrected chi connectivity index (χ0v) is 11.8. The number of carbonyl (C=O) groups is 1. The van der Waals surface area contributed by atoms with Crippen molar-refractivity contribution in [3.05, 3.63) is 63.4 Å². The lowest BCUT2D eigenvalue weighted by atomic mass is 10.1. The second-order valence-corrected chi connectivity index (χ2v) is 4.98. The van der Waals surface area contributed by atoms with Gasteiger partial charge in [0.2, 0.25) is 5.91 Å². The van der Waals surface area contributed by atoms with Crippen molar-refractivity contribution in [2.75, 3.05) is 5.32 Å². The first-order valence-corrected chi connectivity index (χ1v) is 6.50. The SMILES string of the molecule is NC(=O)c1ccc(F)c(NCc2ccc(Cl)c(Cl)c2)c1. The summed E-state index contributed by atoms with van der Waals surface area (Å²) in [7, 11) is 0. The van der Waals surface area contributed by atoms with Crippen molar-refractivity contribution in [2.24, 2.45) is 5.73 Å². The third-order valence-electron chi connectivity index (χ3n) is 2.72. The Balaban J connectivity index is 2.15. The Labute approximate surface area is 125 Å². The number of hydrogen-bond donors (Lipinski definition) is 2. The van der Waals surface area contributed by atoms with E-state index in [9.17, 15) is 9.18 Å². The molecule has 0 unspecified atom stereocenters. The highest BCUT2D eigenvalue weighted by Crippen LogP contribution is 2.23. The number of primary amides is 1. The number of nitrogens with one attached hydrogen (secondary N) is 1. The van der Waals surface area contributed by atoms with Crippen LogP contribution in [-0.2, 0) is 6.54 Å². The van der Waals surface area contributed by atoms with Crippen LogP contribution >= 0.6 is 23.2 Å². The zero-order valence-electron chi connectivity index (χ0n) is 10.3. The fourth-order valence-electron chi connectivity index (χ4n) is 1.66. The lowest BCUT2D eigenvalue weighted by Gasteiger charge is -2.09. The molecule has 0 atom stereocenters. The summed E-state index contributed by atoms with van der Waals surface area (Å²) in [5, 5.41) is 3.77. The maximum atomic E-state index is 13.6. The van der Waals surface area contributed by atoms with Crippen LogP contribution in [0, 0.1) is 5.82 Å². The molecular formula is C14H11Cl2FN2O. The fourth-order valence-corrected chi connectivity index (χ4v) is 1.98. The van der Waals surface area contributed by atoms with Crippen LogP contribution in [0.3, 0.4) is 0 Å². The smallest absolute Gasteiger partial charge is 0.248 e. The molecule has 0 saturated carbocycles. The Hall–Kier alpha value is -1.78. The van der Waals surface area contributed by atoms with Crippen LogP contribution in [0.4, 0.5) is 10.1 Å². The van der Waals surface area contributed by atoms with Crippen molar-refractivity contribution in [1.82, 2.24) is 0 Å². The highest BCUT2D eigenvalue weighted by Gasteiger charge is 2.07. The minimum Gasteiger partial charge on any atom is -0.379 e. The molecule has 0 spiro atoms. The standard InChI is InChI=1S/C14H11Cl2FN2O/c15-10-3-1-8(5-11(10)16)7-19-13-6-9(14(18)20)2-4-12(13)17/h1-6,19H,7H2,(H2,18,20). The fraction of sp³-hybridized carbons (Fsp3) is 0.0714. The van der Waals surface area contributed by atoms with Gasteiger partial charge < -0.3 is 11.1 Å². The predicted octanol–water partition coefficient (Wildman–Crippen LogP) is 3.84. The van der Waals surface area contributed by atoms with Gasteiger partial charge in [0.1, 0.15) is 5.82 Å². The third-order valence-corrected chi connectivity index (χ3v) is 3.46. The Morgan fingerprint density at radius 2 is 1.90 bits per heavy atom. The monoisotopic (exact) mass is 312 g/mol. The first kappa shape index (κ1) is 14.6. The van der Waals surface area contributed by atoms with E-state index in [1.807, 2.05) is 0 Å². The van der Waals surface area contributed by atoms with Crippen LogP contribution in [0.1, 0.15) is 15.9 Å². The van der Waals surface area contributed by atoms with E-state index < -0.39 is 11.7 Å². The molecular weight excluding hydrogens is 302 g/mol. The van der Waals surface area contributed by atoms with Gasteiger partial charge in [-0.25, -0.2) is 4.39 Å². The number of halogens is 3. The first-order valence-electron chi connectivity index (χ1n) is 5.74. The molecule has 2 rings (SSSR count). The zero-order chi connectivity index (χ0) is 14.7. The quantitative estimate of drug-likeness (QED) is 0.901. The molecule has 0 aromatic heterocycles. The number of rotatable bonds is 4. The van der Waals surface area contributed by atoms with Crippen molar-refractivity contribution in [3.63, 3.8) is 0 Å². The molecule has 2 aromatic carbocycles. The molecule has 0 aliphatic rings. The van der Waals surface area contributed by atoms with Crippen molar-refractivity contribution >= 4 is 34.8 Å². The number of nitrogens with two attached hydrogens (primary N) is 1. The molecule has 3 N–H and O–H groups in total. The van der Waals surface area contributed by atoms with Gasteiger partial charge in [-0.05, 0) is 35.9 Å². The van der Waals surface area contributed by atoms with E-state index in [1.54, 1.807) is 18.2 Å². The lowest BCUT2D eigenvalue weighted by Crippen LogP contribution is -2.12. The number of anilines is 1. The average molecular weight is 313 g/mol. The Kier molecular flexibility index (Phi) is 4.47. The number of carbonyl (C=O) groups excluding carboxylic acids is 1. The summed E-state index contributed by atoms with van der Waals surface area (Å²) in [6.07, 6.45) is 0. The van der Waals surface area contributed by atoms with E-state index in [-0.39, 0.29) is 11.3 Å². The maximum absolute atomic E-state index is 13.6. The minimum atomic E-state index is -0.609. The van der Waals surface area contributed by atoms with Gasteiger partial charge in [0.25, 0.3) is 0 Å². The highest BCUT2D eigenvalue weighted by atomic mass is 35.5. The predicted molar refractivity (Wildman–Crippen MR) is 78.7 cm³/mol. The van der Waals surface area contributed by atoms with Gasteiger partial charge in [-0.1, -0.05) is 29.3 Å². The summed E-state index contributed by atoms with van der Waals surface area (Å²) in [6.45, 7) is 0.343. The topological polar surface area (TPSA) is 55.1 Å². The summed E-state index contributed by atoms with van der Waals surface area (Å²) in [5.41, 5.74) is 6.43. The summed E-state index contributed by atoms with van der Waals surface area (Å²) >= 11 is 11.7. The summed E-state index contributed by atoms with van der Waals surface area (Å²) < 4.78 is 13.6. The molecule has 0 heterocycles. The molecule has 0 aliphatic carbocycles. The third kappa shape index (κ3) is 3.40. The molecule has 0 bridgehead atoms. The lowest BCUT2D eigenvalue weighted by molar-refractivity contribution is 0.100. The van der Waals surface area contributed by atoms with Crippen LogP contribution in [-0.4, -0.2) is 5.91 Å². The van der Waals surface area contributed by atoms with Gasteiger partial charge in [0.15, 0.2) is 0 Å². The second-order valence-electron chi connectivity index (χ2n) is 4.16. The average Bonchev–Trinajstić information content (AvgIpc) is 2.41. The highest BCUT2D eigenvalue weighted by molar-refractivity contribution is 6.42. The van der Waals surface area contributed by atoms with E-state index in [2.05, 4.69) is 5.32 Å². The van der Waals surface area contributed by atoms with Gasteiger partial charge in [-0.15, -0.1) is 0 Å². The molecule has 0 saturated heterocycles. The molecule has 20 heavy (non-hydrogen) atoms. The van der Waals surface area contributed by atoms with E-state index in [1.165, 1.54) is 18.2 Å². The molecule has 104 valence electrons. The molecule has 0 fully saturated rings. The molecule has 0 radical (unpaired) electrons. The van der Waals surface area contributed by atoms with E-state index >= 15 is 0 Å². The molecule has 3 nitrogen and oxygen atoms in total. The largest absolute Gasteiger partial charge is 0.379 e. The Morgan fingerprint density at radius 3 is 2.55 bits per heavy atom. The van der Waals surface area contributed by atoms with Crippen LogP contribution < -0.4 is 11.1 Å². The first-order chi connectivity index (χ1) is 9.47. The summed E-state index contributed by atoms with van der Waals surface area (Å²) in [4.78, 5) is 11.1. The van der Waals surface area contributed by atoms with Crippen LogP contribution in [0.25, 0.3) is 0 Å². The van der Waals surface area contributed by atoms with E-state index in [0.29, 0.717) is 16.6 Å².